The molecule has 1 heterocycles. The molecule has 2 aromatic rings. The van der Waals surface area contributed by atoms with Gasteiger partial charge < -0.3 is 14.7 Å². The Morgan fingerprint density at radius 3 is 1.89 bits per heavy atom. The highest BCUT2D eigenvalue weighted by molar-refractivity contribution is 6.87. The van der Waals surface area contributed by atoms with Crippen LogP contribution in [-0.2, 0) is 22.6 Å². The molecule has 1 saturated carbocycles. The molecule has 1 aliphatic carbocycles. The molecule has 5 nitrogen and oxygen atoms in total. The van der Waals surface area contributed by atoms with Crippen molar-refractivity contribution in [3.05, 3.63) is 82.6 Å². The number of hydrogen-bond donors (Lipinski definition) is 1. The van der Waals surface area contributed by atoms with E-state index >= 15 is 0 Å². The fourth-order valence-electron chi connectivity index (χ4n) is 6.19. The van der Waals surface area contributed by atoms with Gasteiger partial charge in [-0.25, -0.2) is 0 Å². The average Bonchev–Trinajstić information content (AvgIpc) is 3.29. The van der Waals surface area contributed by atoms with Crippen molar-refractivity contribution in [1.82, 2.24) is 9.80 Å². The summed E-state index contributed by atoms with van der Waals surface area (Å²) < 4.78 is 6.10. The summed E-state index contributed by atoms with van der Waals surface area (Å²) >= 11 is 0. The van der Waals surface area contributed by atoms with E-state index in [2.05, 4.69) is 86.9 Å². The third kappa shape index (κ3) is 5.93. The smallest absolute Gasteiger partial charge is 0.248 e. The molecule has 200 valence electrons. The molecule has 2 aromatic carbocycles. The van der Waals surface area contributed by atoms with Crippen LogP contribution in [0.3, 0.4) is 0 Å². The molecule has 37 heavy (non-hydrogen) atoms. The number of benzene rings is 2. The van der Waals surface area contributed by atoms with Gasteiger partial charge in [-0.3, -0.25) is 9.69 Å². The summed E-state index contributed by atoms with van der Waals surface area (Å²) in [5, 5.41) is 12.3. The lowest BCUT2D eigenvalue weighted by atomic mass is 10.0. The fourth-order valence-corrected chi connectivity index (χ4v) is 8.15. The molecule has 4 rings (SSSR count). The summed E-state index contributed by atoms with van der Waals surface area (Å²) in [4.78, 5) is 18.9. The van der Waals surface area contributed by atoms with Crippen LogP contribution in [0.2, 0.25) is 19.6 Å². The number of carbonyl (C=O) groups is 1. The predicted molar refractivity (Wildman–Crippen MR) is 152 cm³/mol. The Hall–Kier alpha value is -2.25. The number of nitrogens with zero attached hydrogens (tertiary/aromatic N) is 2. The molecule has 0 bridgehead atoms. The summed E-state index contributed by atoms with van der Waals surface area (Å²) in [6.07, 6.45) is 0.894. The monoisotopic (exact) mass is 520 g/mol. The zero-order chi connectivity index (χ0) is 27.0. The molecule has 0 unspecified atom stereocenters. The van der Waals surface area contributed by atoms with E-state index in [9.17, 15) is 9.90 Å². The number of ether oxygens (including phenoxy) is 1. The summed E-state index contributed by atoms with van der Waals surface area (Å²) in [5.74, 6) is 0.0342. The van der Waals surface area contributed by atoms with Crippen molar-refractivity contribution in [3.63, 3.8) is 0 Å². The van der Waals surface area contributed by atoms with Crippen LogP contribution in [0, 0.1) is 0 Å². The molecule has 0 radical (unpaired) electrons. The third-order valence-electron chi connectivity index (χ3n) is 7.71. The molecule has 1 amide bonds. The normalized spacial score (nSPS) is 24.5. The molecule has 2 atom stereocenters. The maximum atomic E-state index is 14.5. The molecule has 1 saturated heterocycles. The highest BCUT2D eigenvalue weighted by atomic mass is 28.3. The van der Waals surface area contributed by atoms with Crippen LogP contribution in [0.15, 0.2) is 71.4 Å². The van der Waals surface area contributed by atoms with Gasteiger partial charge in [-0.05, 0) is 57.2 Å². The molecule has 2 aliphatic rings. The van der Waals surface area contributed by atoms with Gasteiger partial charge in [0.15, 0.2) is 0 Å². The number of rotatable bonds is 7. The first-order chi connectivity index (χ1) is 17.3. The second-order valence-electron chi connectivity index (χ2n) is 12.8. The number of aliphatic hydroxyl groups excluding tert-OH is 1. The van der Waals surface area contributed by atoms with Crippen molar-refractivity contribution in [3.8, 4) is 0 Å². The largest absolute Gasteiger partial charge is 0.389 e. The van der Waals surface area contributed by atoms with Crippen LogP contribution in [0.4, 0.5) is 0 Å². The van der Waals surface area contributed by atoms with Gasteiger partial charge in [-0.15, -0.1) is 0 Å². The lowest BCUT2D eigenvalue weighted by Crippen LogP contribution is -2.56. The molecule has 0 spiro atoms. The molecular formula is C31H44N2O3Si. The molecule has 6 heteroatoms. The minimum absolute atomic E-state index is 0.00386. The maximum Gasteiger partial charge on any atom is 0.248 e. The lowest BCUT2D eigenvalue weighted by Gasteiger charge is -2.42. The zero-order valence-corrected chi connectivity index (χ0v) is 24.6. The Morgan fingerprint density at radius 2 is 1.46 bits per heavy atom. The van der Waals surface area contributed by atoms with Crippen LogP contribution in [-0.4, -0.2) is 58.9 Å². The van der Waals surface area contributed by atoms with Gasteiger partial charge in [-0.2, -0.15) is 0 Å². The summed E-state index contributed by atoms with van der Waals surface area (Å²) in [6.45, 7) is 16.8. The van der Waals surface area contributed by atoms with Crippen molar-refractivity contribution >= 4 is 14.0 Å². The Kier molecular flexibility index (Phi) is 7.87. The highest BCUT2D eigenvalue weighted by Gasteiger charge is 2.52. The first-order valence-electron chi connectivity index (χ1n) is 13.5. The second kappa shape index (κ2) is 10.5. The van der Waals surface area contributed by atoms with Crippen molar-refractivity contribution in [2.24, 2.45) is 0 Å². The Labute approximate surface area is 224 Å². The molecule has 2 fully saturated rings. The SMILES string of the molecule is CC1(C)COC(C)(C)N1C(=O)/C(=C1\[C@H](O)CC[C@@H]1N(Cc1ccccc1)Cc1ccccc1)[Si](C)(C)C. The van der Waals surface area contributed by atoms with Crippen LogP contribution < -0.4 is 0 Å². The van der Waals surface area contributed by atoms with Crippen molar-refractivity contribution < 1.29 is 14.6 Å². The average molecular weight is 521 g/mol. The fraction of sp³-hybridized carbons (Fsp3) is 0.516. The van der Waals surface area contributed by atoms with Crippen molar-refractivity contribution in [2.45, 2.75) is 96.7 Å². The van der Waals surface area contributed by atoms with Gasteiger partial charge in [0.05, 0.1) is 26.3 Å². The number of amides is 1. The molecule has 1 aliphatic heterocycles. The Morgan fingerprint density at radius 1 is 0.946 bits per heavy atom. The van der Waals surface area contributed by atoms with E-state index in [0.29, 0.717) is 13.0 Å². The van der Waals surface area contributed by atoms with Gasteiger partial charge in [0.2, 0.25) is 5.91 Å². The highest BCUT2D eigenvalue weighted by Crippen LogP contribution is 2.41. The van der Waals surface area contributed by atoms with Gasteiger partial charge >= 0.3 is 0 Å². The lowest BCUT2D eigenvalue weighted by molar-refractivity contribution is -0.143. The van der Waals surface area contributed by atoms with E-state index in [1.54, 1.807) is 0 Å². The summed E-state index contributed by atoms with van der Waals surface area (Å²) in [5.41, 5.74) is 2.29. The minimum Gasteiger partial charge on any atom is -0.389 e. The van der Waals surface area contributed by atoms with Crippen LogP contribution in [0.1, 0.15) is 51.7 Å². The van der Waals surface area contributed by atoms with E-state index in [4.69, 9.17) is 4.74 Å². The van der Waals surface area contributed by atoms with E-state index in [0.717, 1.165) is 30.3 Å². The minimum atomic E-state index is -2.17. The number of aliphatic hydroxyl groups is 1. The Balaban J connectivity index is 1.82. The van der Waals surface area contributed by atoms with Gasteiger partial charge in [0.25, 0.3) is 0 Å². The maximum absolute atomic E-state index is 14.5. The number of carbonyl (C=O) groups excluding carboxylic acids is 1. The van der Waals surface area contributed by atoms with E-state index in [-0.39, 0.29) is 11.9 Å². The number of hydrogen-bond acceptors (Lipinski definition) is 4. The van der Waals surface area contributed by atoms with Crippen molar-refractivity contribution in [2.75, 3.05) is 6.61 Å². The van der Waals surface area contributed by atoms with E-state index in [1.807, 2.05) is 30.9 Å². The van der Waals surface area contributed by atoms with Gasteiger partial charge in [0, 0.05) is 24.3 Å². The molecular weight excluding hydrogens is 476 g/mol. The van der Waals surface area contributed by atoms with E-state index < -0.39 is 25.4 Å². The Bertz CT molecular complexity index is 1060. The van der Waals surface area contributed by atoms with Crippen LogP contribution in [0.25, 0.3) is 0 Å². The van der Waals surface area contributed by atoms with Gasteiger partial charge in [-0.1, -0.05) is 80.3 Å². The zero-order valence-electron chi connectivity index (χ0n) is 23.6. The van der Waals surface area contributed by atoms with Gasteiger partial charge in [0.1, 0.15) is 5.72 Å². The summed E-state index contributed by atoms with van der Waals surface area (Å²) in [7, 11) is -2.17. The van der Waals surface area contributed by atoms with Crippen LogP contribution in [0.5, 0.6) is 0 Å². The second-order valence-corrected chi connectivity index (χ2v) is 17.8. The van der Waals surface area contributed by atoms with Crippen LogP contribution >= 0.6 is 0 Å². The van der Waals surface area contributed by atoms with Crippen molar-refractivity contribution in [1.29, 1.82) is 0 Å². The molecule has 0 aromatic heterocycles. The quantitative estimate of drug-likeness (QED) is 0.373. The summed E-state index contributed by atoms with van der Waals surface area (Å²) in [6, 6.07) is 21.0. The standard InChI is InChI=1S/C31H44N2O3Si/c1-30(2)22-36-31(3,4)33(30)29(35)28(37(5,6)7)27-25(18-19-26(27)34)32(20-23-14-10-8-11-15-23)21-24-16-12-9-13-17-24/h8-17,25-26,34H,18-22H2,1-7H3/b28-27+/t25-,26+/m0/s1. The predicted octanol–water partition coefficient (Wildman–Crippen LogP) is 5.76. The first-order valence-corrected chi connectivity index (χ1v) is 17.0. The first kappa shape index (κ1) is 27.8. The molecule has 1 N–H and O–H groups in total. The van der Waals surface area contributed by atoms with E-state index in [1.165, 1.54) is 11.1 Å². The third-order valence-corrected chi connectivity index (χ3v) is 9.71. The topological polar surface area (TPSA) is 53.0 Å².